The van der Waals surface area contributed by atoms with Crippen molar-refractivity contribution in [1.82, 2.24) is 5.16 Å². The van der Waals surface area contributed by atoms with Gasteiger partial charge in [-0.05, 0) is 24.3 Å². The second-order valence-electron chi connectivity index (χ2n) is 5.04. The number of nitrogens with one attached hydrogen (secondary N) is 1. The fourth-order valence-electron chi connectivity index (χ4n) is 2.59. The quantitative estimate of drug-likeness (QED) is 0.905. The van der Waals surface area contributed by atoms with Crippen LogP contribution in [0.2, 0.25) is 0 Å². The molecule has 0 atom stereocenters. The third-order valence-corrected chi connectivity index (χ3v) is 3.68. The van der Waals surface area contributed by atoms with Gasteiger partial charge in [-0.2, -0.15) is 0 Å². The molecule has 0 spiro atoms. The highest BCUT2D eigenvalue weighted by atomic mass is 16.5. The minimum atomic E-state index is 0.856. The summed E-state index contributed by atoms with van der Waals surface area (Å²) in [6.45, 7) is 3.44. The van der Waals surface area contributed by atoms with E-state index in [-0.39, 0.29) is 0 Å². The van der Waals surface area contributed by atoms with Crippen LogP contribution >= 0.6 is 0 Å². The molecular formula is C15H19N2O2+. The molecule has 0 saturated carbocycles. The lowest BCUT2D eigenvalue weighted by Gasteiger charge is -2.08. The van der Waals surface area contributed by atoms with Crippen molar-refractivity contribution in [2.45, 2.75) is 19.4 Å². The van der Waals surface area contributed by atoms with Crippen LogP contribution in [0.4, 0.5) is 0 Å². The van der Waals surface area contributed by atoms with Crippen molar-refractivity contribution in [2.75, 3.05) is 20.2 Å². The van der Waals surface area contributed by atoms with Crippen molar-refractivity contribution in [1.29, 1.82) is 0 Å². The van der Waals surface area contributed by atoms with E-state index in [1.54, 1.807) is 12.0 Å². The lowest BCUT2D eigenvalue weighted by atomic mass is 10.1. The molecule has 0 unspecified atom stereocenters. The lowest BCUT2D eigenvalue weighted by molar-refractivity contribution is -0.902. The fraction of sp³-hybridized carbons (Fsp3) is 0.400. The average molecular weight is 259 g/mol. The third-order valence-electron chi connectivity index (χ3n) is 3.68. The van der Waals surface area contributed by atoms with Crippen LogP contribution in [0.3, 0.4) is 0 Å². The van der Waals surface area contributed by atoms with Crippen LogP contribution in [0.15, 0.2) is 34.9 Å². The number of likely N-dealkylation sites (tertiary alicyclic amines) is 1. The predicted octanol–water partition coefficient (Wildman–Crippen LogP) is 1.53. The zero-order chi connectivity index (χ0) is 13.1. The maximum atomic E-state index is 5.44. The first-order chi connectivity index (χ1) is 9.35. The SMILES string of the molecule is COc1ccc(-c2cc(C[NH+]3CCCC3)on2)cc1. The number of nitrogens with zero attached hydrogens (tertiary/aromatic N) is 1. The Bertz CT molecular complexity index is 527. The van der Waals surface area contributed by atoms with Crippen molar-refractivity contribution in [3.8, 4) is 17.0 Å². The second kappa shape index (κ2) is 5.45. The van der Waals surface area contributed by atoms with Gasteiger partial charge in [0, 0.05) is 24.5 Å². The smallest absolute Gasteiger partial charge is 0.191 e. The van der Waals surface area contributed by atoms with E-state index >= 15 is 0 Å². The van der Waals surface area contributed by atoms with Gasteiger partial charge in [-0.25, -0.2) is 0 Å². The zero-order valence-electron chi connectivity index (χ0n) is 11.2. The summed E-state index contributed by atoms with van der Waals surface area (Å²) in [5.74, 6) is 1.83. The molecule has 4 heteroatoms. The number of hydrogen-bond donors (Lipinski definition) is 1. The first-order valence-corrected chi connectivity index (χ1v) is 6.79. The highest BCUT2D eigenvalue weighted by Crippen LogP contribution is 2.21. The molecule has 0 bridgehead atoms. The van der Waals surface area contributed by atoms with E-state index in [0.29, 0.717) is 0 Å². The number of quaternary nitrogens is 1. The Morgan fingerprint density at radius 1 is 1.21 bits per heavy atom. The molecular weight excluding hydrogens is 240 g/mol. The molecule has 4 nitrogen and oxygen atoms in total. The van der Waals surface area contributed by atoms with Gasteiger partial charge in [-0.15, -0.1) is 0 Å². The molecule has 100 valence electrons. The van der Waals surface area contributed by atoms with Gasteiger partial charge in [-0.1, -0.05) is 5.16 Å². The third kappa shape index (κ3) is 2.79. The number of methoxy groups -OCH3 is 1. The summed E-state index contributed by atoms with van der Waals surface area (Å²) in [6, 6.07) is 9.93. The van der Waals surface area contributed by atoms with Crippen molar-refractivity contribution >= 4 is 0 Å². The van der Waals surface area contributed by atoms with Crippen LogP contribution in [-0.2, 0) is 6.54 Å². The average Bonchev–Trinajstić information content (AvgIpc) is 3.11. The molecule has 2 heterocycles. The van der Waals surface area contributed by atoms with E-state index in [1.165, 1.54) is 25.9 Å². The normalized spacial score (nSPS) is 15.8. The first-order valence-electron chi connectivity index (χ1n) is 6.79. The Morgan fingerprint density at radius 3 is 2.63 bits per heavy atom. The summed E-state index contributed by atoms with van der Waals surface area (Å²) in [5, 5.41) is 4.15. The standard InChI is InChI=1S/C15H18N2O2/c1-18-13-6-4-12(5-7-13)15-10-14(19-16-15)11-17-8-2-3-9-17/h4-7,10H,2-3,8-9,11H2,1H3/p+1. The molecule has 0 amide bonds. The molecule has 1 aliphatic rings. The molecule has 1 aromatic heterocycles. The van der Waals surface area contributed by atoms with Crippen molar-refractivity contribution in [3.63, 3.8) is 0 Å². The topological polar surface area (TPSA) is 39.7 Å². The summed E-state index contributed by atoms with van der Waals surface area (Å²) >= 11 is 0. The Labute approximate surface area is 113 Å². The zero-order valence-corrected chi connectivity index (χ0v) is 11.2. The Balaban J connectivity index is 1.72. The number of aromatic nitrogens is 1. The van der Waals surface area contributed by atoms with Crippen LogP contribution < -0.4 is 9.64 Å². The maximum absolute atomic E-state index is 5.44. The lowest BCUT2D eigenvalue weighted by Crippen LogP contribution is -3.08. The van der Waals surface area contributed by atoms with Crippen LogP contribution in [0, 0.1) is 0 Å². The largest absolute Gasteiger partial charge is 0.497 e. The van der Waals surface area contributed by atoms with Crippen LogP contribution in [0.5, 0.6) is 5.75 Å². The minimum Gasteiger partial charge on any atom is -0.497 e. The number of hydrogen-bond acceptors (Lipinski definition) is 3. The molecule has 19 heavy (non-hydrogen) atoms. The van der Waals surface area contributed by atoms with E-state index in [4.69, 9.17) is 9.26 Å². The maximum Gasteiger partial charge on any atom is 0.191 e. The fourth-order valence-corrected chi connectivity index (χ4v) is 2.59. The van der Waals surface area contributed by atoms with Gasteiger partial charge in [-0.3, -0.25) is 0 Å². The number of rotatable bonds is 4. The van der Waals surface area contributed by atoms with Gasteiger partial charge in [0.25, 0.3) is 0 Å². The van der Waals surface area contributed by atoms with Gasteiger partial charge in [0.1, 0.15) is 18.0 Å². The van der Waals surface area contributed by atoms with E-state index < -0.39 is 0 Å². The summed E-state index contributed by atoms with van der Waals surface area (Å²) in [7, 11) is 1.67. The molecule has 0 radical (unpaired) electrons. The molecule has 1 aliphatic heterocycles. The highest BCUT2D eigenvalue weighted by Gasteiger charge is 2.18. The van der Waals surface area contributed by atoms with Crippen LogP contribution in [-0.4, -0.2) is 25.4 Å². The molecule has 1 aromatic carbocycles. The van der Waals surface area contributed by atoms with Crippen molar-refractivity contribution < 1.29 is 14.2 Å². The summed E-state index contributed by atoms with van der Waals surface area (Å²) in [4.78, 5) is 1.59. The van der Waals surface area contributed by atoms with Crippen LogP contribution in [0.1, 0.15) is 18.6 Å². The van der Waals surface area contributed by atoms with Gasteiger partial charge < -0.3 is 14.2 Å². The molecule has 2 aromatic rings. The number of ether oxygens (including phenoxy) is 1. The van der Waals surface area contributed by atoms with Crippen molar-refractivity contribution in [3.05, 3.63) is 36.1 Å². The van der Waals surface area contributed by atoms with E-state index in [0.717, 1.165) is 29.3 Å². The van der Waals surface area contributed by atoms with Gasteiger partial charge in [0.2, 0.25) is 0 Å². The predicted molar refractivity (Wildman–Crippen MR) is 72.1 cm³/mol. The van der Waals surface area contributed by atoms with Crippen molar-refractivity contribution in [2.24, 2.45) is 0 Å². The molecule has 1 saturated heterocycles. The first kappa shape index (κ1) is 12.2. The number of benzene rings is 1. The second-order valence-corrected chi connectivity index (χ2v) is 5.04. The summed E-state index contributed by atoms with van der Waals surface area (Å²) in [6.07, 6.45) is 2.66. The monoisotopic (exact) mass is 259 g/mol. The molecule has 0 aliphatic carbocycles. The highest BCUT2D eigenvalue weighted by molar-refractivity contribution is 5.59. The Hall–Kier alpha value is -1.81. The molecule has 3 rings (SSSR count). The molecule has 1 fully saturated rings. The Kier molecular flexibility index (Phi) is 3.51. The van der Waals surface area contributed by atoms with Gasteiger partial charge in [0.15, 0.2) is 5.76 Å². The molecule has 1 N–H and O–H groups in total. The van der Waals surface area contributed by atoms with Gasteiger partial charge >= 0.3 is 0 Å². The summed E-state index contributed by atoms with van der Waals surface area (Å²) < 4.78 is 10.6. The summed E-state index contributed by atoms with van der Waals surface area (Å²) in [5.41, 5.74) is 1.96. The Morgan fingerprint density at radius 2 is 1.95 bits per heavy atom. The van der Waals surface area contributed by atoms with Gasteiger partial charge in [0.05, 0.1) is 20.2 Å². The minimum absolute atomic E-state index is 0.856. The van der Waals surface area contributed by atoms with E-state index in [1.807, 2.05) is 30.3 Å². The van der Waals surface area contributed by atoms with E-state index in [2.05, 4.69) is 5.16 Å². The van der Waals surface area contributed by atoms with E-state index in [9.17, 15) is 0 Å². The van der Waals surface area contributed by atoms with Crippen LogP contribution in [0.25, 0.3) is 11.3 Å².